The molecule has 2 aromatic rings. The smallest absolute Gasteiger partial charge is 0.235 e. The van der Waals surface area contributed by atoms with Gasteiger partial charge in [-0.3, -0.25) is 4.79 Å². The van der Waals surface area contributed by atoms with E-state index in [1.54, 1.807) is 6.33 Å². The number of rotatable bonds is 3. The quantitative estimate of drug-likeness (QED) is 0.643. The first-order valence-corrected chi connectivity index (χ1v) is 7.79. The average Bonchev–Trinajstić information content (AvgIpc) is 3.01. The Bertz CT molecular complexity index is 620. The molecule has 3 rings (SSSR count). The molecule has 1 aromatic carbocycles. The van der Waals surface area contributed by atoms with Crippen LogP contribution in [0.3, 0.4) is 0 Å². The molecule has 0 bridgehead atoms. The molecule has 1 amide bonds. The van der Waals surface area contributed by atoms with E-state index in [-0.39, 0.29) is 11.2 Å². The van der Waals surface area contributed by atoms with Gasteiger partial charge in [0, 0.05) is 18.5 Å². The highest BCUT2D eigenvalue weighted by Crippen LogP contribution is 2.29. The number of amides is 1. The van der Waals surface area contributed by atoms with Gasteiger partial charge in [0.2, 0.25) is 5.91 Å². The standard InChI is InChI=1S/C15H17N3OS/c1-11(15(19)18-8-4-5-9-18)20-14-12-6-2-3-7-13(12)16-10-17-14/h2-3,6-7,10-11H,4-5,8-9H2,1H3/t11-/m1/s1. The molecule has 20 heavy (non-hydrogen) atoms. The van der Waals surface area contributed by atoms with Crippen molar-refractivity contribution in [3.8, 4) is 0 Å². The topological polar surface area (TPSA) is 46.1 Å². The Kier molecular flexibility index (Phi) is 3.87. The second kappa shape index (κ2) is 5.79. The van der Waals surface area contributed by atoms with Gasteiger partial charge in [0.05, 0.1) is 10.8 Å². The molecule has 1 saturated heterocycles. The van der Waals surface area contributed by atoms with Crippen molar-refractivity contribution in [2.24, 2.45) is 0 Å². The number of benzene rings is 1. The summed E-state index contributed by atoms with van der Waals surface area (Å²) in [5, 5.41) is 1.79. The summed E-state index contributed by atoms with van der Waals surface area (Å²) < 4.78 is 0. The number of hydrogen-bond acceptors (Lipinski definition) is 4. The van der Waals surface area contributed by atoms with Crippen LogP contribution in [0.2, 0.25) is 0 Å². The van der Waals surface area contributed by atoms with E-state index in [0.717, 1.165) is 41.9 Å². The Morgan fingerprint density at radius 1 is 1.25 bits per heavy atom. The summed E-state index contributed by atoms with van der Waals surface area (Å²) in [6, 6.07) is 7.91. The first-order valence-electron chi connectivity index (χ1n) is 6.91. The van der Waals surface area contributed by atoms with Gasteiger partial charge < -0.3 is 4.90 Å². The molecule has 1 aliphatic rings. The van der Waals surface area contributed by atoms with Crippen molar-refractivity contribution in [3.05, 3.63) is 30.6 Å². The van der Waals surface area contributed by atoms with Crippen LogP contribution in [0, 0.1) is 0 Å². The lowest BCUT2D eigenvalue weighted by Gasteiger charge is -2.19. The molecular weight excluding hydrogens is 270 g/mol. The molecule has 2 heterocycles. The summed E-state index contributed by atoms with van der Waals surface area (Å²) in [4.78, 5) is 22.9. The lowest BCUT2D eigenvalue weighted by atomic mass is 10.2. The summed E-state index contributed by atoms with van der Waals surface area (Å²) in [5.74, 6) is 0.218. The fraction of sp³-hybridized carbons (Fsp3) is 0.400. The zero-order valence-corrected chi connectivity index (χ0v) is 12.3. The van der Waals surface area contributed by atoms with Gasteiger partial charge in [0.1, 0.15) is 11.4 Å². The first kappa shape index (κ1) is 13.4. The molecule has 0 radical (unpaired) electrons. The Balaban J connectivity index is 1.80. The third kappa shape index (κ3) is 2.63. The molecule has 0 unspecified atom stereocenters. The van der Waals surface area contributed by atoms with Gasteiger partial charge in [0.15, 0.2) is 0 Å². The molecule has 1 aromatic heterocycles. The Labute approximate surface area is 122 Å². The molecule has 1 atom stereocenters. The van der Waals surface area contributed by atoms with Crippen LogP contribution in [0.25, 0.3) is 10.9 Å². The third-order valence-electron chi connectivity index (χ3n) is 3.56. The highest BCUT2D eigenvalue weighted by molar-refractivity contribution is 8.00. The van der Waals surface area contributed by atoms with E-state index in [2.05, 4.69) is 9.97 Å². The molecule has 0 spiro atoms. The van der Waals surface area contributed by atoms with Crippen molar-refractivity contribution in [3.63, 3.8) is 0 Å². The maximum atomic E-state index is 12.3. The van der Waals surface area contributed by atoms with Gasteiger partial charge in [-0.15, -0.1) is 0 Å². The SMILES string of the molecule is C[C@@H](Sc1ncnc2ccccc12)C(=O)N1CCCC1. The number of para-hydroxylation sites is 1. The number of fused-ring (bicyclic) bond motifs is 1. The average molecular weight is 287 g/mol. The van der Waals surface area contributed by atoms with Crippen molar-refractivity contribution in [2.45, 2.75) is 30.0 Å². The molecule has 4 nitrogen and oxygen atoms in total. The largest absolute Gasteiger partial charge is 0.342 e. The van der Waals surface area contributed by atoms with Crippen LogP contribution < -0.4 is 0 Å². The van der Waals surface area contributed by atoms with Crippen molar-refractivity contribution in [1.29, 1.82) is 0 Å². The monoisotopic (exact) mass is 287 g/mol. The van der Waals surface area contributed by atoms with E-state index in [1.165, 1.54) is 11.8 Å². The number of thioether (sulfide) groups is 1. The second-order valence-corrected chi connectivity index (χ2v) is 6.32. The lowest BCUT2D eigenvalue weighted by Crippen LogP contribution is -2.34. The highest BCUT2D eigenvalue weighted by atomic mass is 32.2. The molecule has 104 valence electrons. The molecule has 1 fully saturated rings. The fourth-order valence-corrected chi connectivity index (χ4v) is 3.48. The van der Waals surface area contributed by atoms with Gasteiger partial charge in [0.25, 0.3) is 0 Å². The lowest BCUT2D eigenvalue weighted by molar-refractivity contribution is -0.129. The predicted molar refractivity (Wildman–Crippen MR) is 80.7 cm³/mol. The van der Waals surface area contributed by atoms with E-state index in [0.29, 0.717) is 0 Å². The van der Waals surface area contributed by atoms with Crippen LogP contribution in [-0.4, -0.2) is 39.1 Å². The van der Waals surface area contributed by atoms with E-state index < -0.39 is 0 Å². The molecule has 5 heteroatoms. The van der Waals surface area contributed by atoms with Gasteiger partial charge in [-0.1, -0.05) is 30.0 Å². The van der Waals surface area contributed by atoms with Crippen LogP contribution in [0.15, 0.2) is 35.6 Å². The van der Waals surface area contributed by atoms with Crippen molar-refractivity contribution in [2.75, 3.05) is 13.1 Å². The van der Waals surface area contributed by atoms with Gasteiger partial charge in [-0.25, -0.2) is 9.97 Å². The van der Waals surface area contributed by atoms with Crippen LogP contribution in [0.1, 0.15) is 19.8 Å². The van der Waals surface area contributed by atoms with E-state index >= 15 is 0 Å². The minimum absolute atomic E-state index is 0.105. The van der Waals surface area contributed by atoms with E-state index in [9.17, 15) is 4.79 Å². The number of carbonyl (C=O) groups excluding carboxylic acids is 1. The second-order valence-electron chi connectivity index (χ2n) is 4.99. The Morgan fingerprint density at radius 3 is 2.80 bits per heavy atom. The van der Waals surface area contributed by atoms with Crippen molar-refractivity contribution in [1.82, 2.24) is 14.9 Å². The Morgan fingerprint density at radius 2 is 2.00 bits per heavy atom. The van der Waals surface area contributed by atoms with Crippen molar-refractivity contribution < 1.29 is 4.79 Å². The summed E-state index contributed by atoms with van der Waals surface area (Å²) in [7, 11) is 0. The molecule has 1 aliphatic heterocycles. The predicted octanol–water partition coefficient (Wildman–Crippen LogP) is 2.73. The summed E-state index contributed by atoms with van der Waals surface area (Å²) >= 11 is 1.53. The molecule has 0 N–H and O–H groups in total. The first-order chi connectivity index (χ1) is 9.75. The number of nitrogens with zero attached hydrogens (tertiary/aromatic N) is 3. The Hall–Kier alpha value is -1.62. The number of carbonyl (C=O) groups is 1. The summed E-state index contributed by atoms with van der Waals surface area (Å²) in [5.41, 5.74) is 0.922. The number of likely N-dealkylation sites (tertiary alicyclic amines) is 1. The van der Waals surface area contributed by atoms with Gasteiger partial charge in [-0.2, -0.15) is 0 Å². The third-order valence-corrected chi connectivity index (χ3v) is 4.66. The van der Waals surface area contributed by atoms with Crippen LogP contribution >= 0.6 is 11.8 Å². The number of aromatic nitrogens is 2. The highest BCUT2D eigenvalue weighted by Gasteiger charge is 2.24. The minimum Gasteiger partial charge on any atom is -0.342 e. The van der Waals surface area contributed by atoms with Gasteiger partial charge in [-0.05, 0) is 25.8 Å². The van der Waals surface area contributed by atoms with Crippen LogP contribution in [0.5, 0.6) is 0 Å². The molecule has 0 saturated carbocycles. The maximum absolute atomic E-state index is 12.3. The molecular formula is C15H17N3OS. The minimum atomic E-state index is -0.105. The normalized spacial score (nSPS) is 16.6. The molecule has 0 aliphatic carbocycles. The van der Waals surface area contributed by atoms with Crippen LogP contribution in [0.4, 0.5) is 0 Å². The summed E-state index contributed by atoms with van der Waals surface area (Å²) in [6.45, 7) is 3.75. The van der Waals surface area contributed by atoms with Crippen LogP contribution in [-0.2, 0) is 4.79 Å². The van der Waals surface area contributed by atoms with Gasteiger partial charge >= 0.3 is 0 Å². The van der Waals surface area contributed by atoms with Crippen molar-refractivity contribution >= 4 is 28.6 Å². The zero-order chi connectivity index (χ0) is 13.9. The number of hydrogen-bond donors (Lipinski definition) is 0. The fourth-order valence-electron chi connectivity index (χ4n) is 2.49. The summed E-state index contributed by atoms with van der Waals surface area (Å²) in [6.07, 6.45) is 3.82. The van der Waals surface area contributed by atoms with E-state index in [4.69, 9.17) is 0 Å². The van der Waals surface area contributed by atoms with E-state index in [1.807, 2.05) is 36.1 Å². The maximum Gasteiger partial charge on any atom is 0.235 e. The zero-order valence-electron chi connectivity index (χ0n) is 11.5.